The third-order valence-electron chi connectivity index (χ3n) is 10.7. The number of halogens is 3. The van der Waals surface area contributed by atoms with E-state index in [-0.39, 0.29) is 53.1 Å². The van der Waals surface area contributed by atoms with Crippen LogP contribution in [0.5, 0.6) is 0 Å². The van der Waals surface area contributed by atoms with Gasteiger partial charge in [-0.3, -0.25) is 14.5 Å². The first-order valence-electron chi connectivity index (χ1n) is 17.8. The zero-order valence-corrected chi connectivity index (χ0v) is 29.7. The van der Waals surface area contributed by atoms with Crippen LogP contribution >= 0.6 is 0 Å². The Morgan fingerprint density at radius 1 is 0.868 bits per heavy atom. The van der Waals surface area contributed by atoms with E-state index in [4.69, 9.17) is 4.74 Å². The molecule has 3 aliphatic heterocycles. The minimum absolute atomic E-state index is 0.0411. The third-order valence-corrected chi connectivity index (χ3v) is 10.7. The molecule has 3 aliphatic rings. The molecule has 1 N–H and O–H groups in total. The number of fused-ring (bicyclic) bond motifs is 2. The van der Waals surface area contributed by atoms with Gasteiger partial charge in [-0.25, -0.2) is 4.79 Å². The Bertz CT molecular complexity index is 2020. The molecule has 10 nitrogen and oxygen atoms in total. The Balaban J connectivity index is 1.37. The van der Waals surface area contributed by atoms with E-state index in [9.17, 15) is 27.9 Å². The number of morpholine rings is 1. The van der Waals surface area contributed by atoms with E-state index >= 15 is 4.79 Å². The van der Waals surface area contributed by atoms with Crippen molar-refractivity contribution < 1.29 is 37.4 Å². The maximum atomic E-state index is 15.1. The fourth-order valence-corrected chi connectivity index (χ4v) is 7.80. The lowest BCUT2D eigenvalue weighted by Gasteiger charge is -2.41. The van der Waals surface area contributed by atoms with Crippen molar-refractivity contribution in [3.63, 3.8) is 0 Å². The Kier molecular flexibility index (Phi) is 10.1. The van der Waals surface area contributed by atoms with Crippen molar-refractivity contribution in [3.05, 3.63) is 112 Å². The number of anilines is 1. The fraction of sp³-hybridized carbons (Fsp3) is 0.375. The Labute approximate surface area is 306 Å². The predicted octanol–water partition coefficient (Wildman–Crippen LogP) is 6.24. The summed E-state index contributed by atoms with van der Waals surface area (Å²) in [5, 5.41) is 9.81. The van der Waals surface area contributed by atoms with Gasteiger partial charge >= 0.3 is 12.3 Å². The molecule has 1 saturated heterocycles. The summed E-state index contributed by atoms with van der Waals surface area (Å²) in [7, 11) is 1.57. The number of carbonyl (C=O) groups is 3. The minimum Gasteiger partial charge on any atom is -0.465 e. The van der Waals surface area contributed by atoms with E-state index in [1.165, 1.54) is 22.8 Å². The van der Waals surface area contributed by atoms with Gasteiger partial charge in [0.2, 0.25) is 0 Å². The number of ether oxygens (including phenoxy) is 1. The summed E-state index contributed by atoms with van der Waals surface area (Å²) in [4.78, 5) is 47.8. The molecule has 3 amide bonds. The second kappa shape index (κ2) is 14.7. The summed E-state index contributed by atoms with van der Waals surface area (Å²) in [6.07, 6.45) is -4.81. The Morgan fingerprint density at radius 2 is 1.57 bits per heavy atom. The number of amides is 3. The monoisotopic (exact) mass is 729 g/mol. The number of hydrogen-bond acceptors (Lipinski definition) is 5. The smallest absolute Gasteiger partial charge is 0.407 e. The van der Waals surface area contributed by atoms with Crippen LogP contribution in [0.1, 0.15) is 48.7 Å². The van der Waals surface area contributed by atoms with Crippen LogP contribution in [-0.2, 0) is 37.2 Å². The van der Waals surface area contributed by atoms with E-state index < -0.39 is 24.7 Å². The van der Waals surface area contributed by atoms with Crippen molar-refractivity contribution in [3.8, 4) is 11.3 Å². The topological polar surface area (TPSA) is 98.6 Å². The molecule has 0 spiro atoms. The van der Waals surface area contributed by atoms with E-state index in [2.05, 4.69) is 11.0 Å². The third kappa shape index (κ3) is 7.54. The lowest BCUT2D eigenvalue weighted by Crippen LogP contribution is -2.52. The summed E-state index contributed by atoms with van der Waals surface area (Å²) < 4.78 is 49.7. The zero-order valence-electron chi connectivity index (χ0n) is 29.7. The molecule has 0 bridgehead atoms. The summed E-state index contributed by atoms with van der Waals surface area (Å²) in [6, 6.07) is 21.4. The number of para-hydroxylation sites is 1. The molecule has 0 saturated carbocycles. The number of alkyl halides is 3. The molecule has 278 valence electrons. The molecule has 7 rings (SSSR count). The highest BCUT2D eigenvalue weighted by Crippen LogP contribution is 2.37. The zero-order chi connectivity index (χ0) is 37.4. The van der Waals surface area contributed by atoms with Crippen LogP contribution in [-0.4, -0.2) is 101 Å². The van der Waals surface area contributed by atoms with Gasteiger partial charge in [-0.2, -0.15) is 13.2 Å². The normalized spacial score (nSPS) is 17.6. The van der Waals surface area contributed by atoms with Crippen molar-refractivity contribution >= 4 is 23.6 Å². The number of rotatable bonds is 7. The molecule has 53 heavy (non-hydrogen) atoms. The summed E-state index contributed by atoms with van der Waals surface area (Å²) >= 11 is 0. The summed E-state index contributed by atoms with van der Waals surface area (Å²) in [5.74, 6) is -0.855. The maximum Gasteiger partial charge on any atom is 0.407 e. The van der Waals surface area contributed by atoms with E-state index in [0.29, 0.717) is 63.5 Å². The van der Waals surface area contributed by atoms with E-state index in [0.717, 1.165) is 21.3 Å². The molecule has 3 aromatic carbocycles. The van der Waals surface area contributed by atoms with Crippen LogP contribution < -0.4 is 4.90 Å². The number of hydrogen-bond donors (Lipinski definition) is 1. The highest BCUT2D eigenvalue weighted by molar-refractivity contribution is 6.08. The number of nitrogens with zero attached hydrogens (tertiary/aromatic N) is 5. The van der Waals surface area contributed by atoms with Gasteiger partial charge in [0.25, 0.3) is 11.8 Å². The average molecular weight is 730 g/mol. The van der Waals surface area contributed by atoms with E-state index in [1.54, 1.807) is 48.3 Å². The molecule has 4 aromatic rings. The molecular weight excluding hydrogens is 687 g/mol. The van der Waals surface area contributed by atoms with Gasteiger partial charge in [0.1, 0.15) is 6.54 Å². The maximum absolute atomic E-state index is 15.1. The molecule has 0 unspecified atom stereocenters. The molecule has 0 radical (unpaired) electrons. The van der Waals surface area contributed by atoms with Crippen LogP contribution in [0.3, 0.4) is 0 Å². The number of carbonyl (C=O) groups excluding carboxylic acids is 2. The lowest BCUT2D eigenvalue weighted by molar-refractivity contribution is -0.140. The van der Waals surface area contributed by atoms with Gasteiger partial charge in [-0.15, -0.1) is 0 Å². The highest BCUT2D eigenvalue weighted by Gasteiger charge is 2.37. The SMILES string of the molecule is Cc1c(C(=O)N(C)c2ccccc2)cc(-c2cc3c(cc2C(=O)N2Cc4ccccc4C[C@H]2CN2CCOCC2)CN(C(=O)O)CC3)n1CC(F)(F)F. The first-order chi connectivity index (χ1) is 25.4. The quantitative estimate of drug-likeness (QED) is 0.242. The predicted molar refractivity (Wildman–Crippen MR) is 193 cm³/mol. The molecule has 1 fully saturated rings. The van der Waals surface area contributed by atoms with Gasteiger partial charge in [-0.05, 0) is 72.4 Å². The van der Waals surface area contributed by atoms with Gasteiger partial charge in [0.05, 0.1) is 24.5 Å². The second-order valence-corrected chi connectivity index (χ2v) is 14.0. The van der Waals surface area contributed by atoms with Crippen molar-refractivity contribution in [1.29, 1.82) is 0 Å². The Hall–Kier alpha value is -5.14. The van der Waals surface area contributed by atoms with Gasteiger partial charge in [0.15, 0.2) is 0 Å². The lowest BCUT2D eigenvalue weighted by atomic mass is 9.89. The van der Waals surface area contributed by atoms with Crippen molar-refractivity contribution in [2.24, 2.45) is 0 Å². The average Bonchev–Trinajstić information content (AvgIpc) is 3.47. The van der Waals surface area contributed by atoms with Gasteiger partial charge in [-0.1, -0.05) is 42.5 Å². The standard InChI is InChI=1S/C40H42F3N5O5/c1-26-33(37(49)44(2)31-10-4-3-5-11-31)21-36(48(26)25-40(41,42)43)34-19-28-12-13-46(39(51)52)22-30(28)20-35(34)38(50)47-23-29-9-7-6-8-27(29)18-32(47)24-45-14-16-53-17-15-45/h3-11,19-21,32H,12-18,22-25H2,1-2H3,(H,51,52)/t32-/m0/s1. The molecule has 13 heteroatoms. The molecule has 1 atom stereocenters. The van der Waals surface area contributed by atoms with Crippen LogP contribution in [0, 0.1) is 6.92 Å². The van der Waals surface area contributed by atoms with Crippen molar-refractivity contribution in [2.45, 2.75) is 51.6 Å². The second-order valence-electron chi connectivity index (χ2n) is 14.0. The number of aromatic nitrogens is 1. The number of carboxylic acid groups (broad SMARTS) is 1. The fourth-order valence-electron chi connectivity index (χ4n) is 7.80. The van der Waals surface area contributed by atoms with Gasteiger partial charge in [0, 0.05) is 74.9 Å². The largest absolute Gasteiger partial charge is 0.465 e. The summed E-state index contributed by atoms with van der Waals surface area (Å²) in [6.45, 7) is 3.86. The minimum atomic E-state index is -4.63. The highest BCUT2D eigenvalue weighted by atomic mass is 19.4. The van der Waals surface area contributed by atoms with Crippen molar-refractivity contribution in [1.82, 2.24) is 19.3 Å². The van der Waals surface area contributed by atoms with Crippen LogP contribution in [0.15, 0.2) is 72.8 Å². The Morgan fingerprint density at radius 3 is 2.26 bits per heavy atom. The van der Waals surface area contributed by atoms with Crippen LogP contribution in [0.2, 0.25) is 0 Å². The number of benzene rings is 3. The van der Waals surface area contributed by atoms with Crippen LogP contribution in [0.4, 0.5) is 23.7 Å². The molecular formula is C40H42F3N5O5. The molecule has 0 aliphatic carbocycles. The van der Waals surface area contributed by atoms with E-state index in [1.807, 2.05) is 24.3 Å². The van der Waals surface area contributed by atoms with Gasteiger partial charge < -0.3 is 29.1 Å². The first-order valence-corrected chi connectivity index (χ1v) is 17.8. The van der Waals surface area contributed by atoms with Crippen LogP contribution in [0.25, 0.3) is 11.3 Å². The first kappa shape index (κ1) is 36.2. The summed E-state index contributed by atoms with van der Waals surface area (Å²) in [5.41, 5.74) is 4.81. The molecule has 4 heterocycles. The molecule has 1 aromatic heterocycles. The van der Waals surface area contributed by atoms with Crippen molar-refractivity contribution in [2.75, 3.05) is 51.3 Å².